The number of nitrogens with one attached hydrogen (secondary N) is 1. The molecule has 0 aromatic rings. The Balaban J connectivity index is 2.58. The van der Waals surface area contributed by atoms with E-state index in [1.165, 1.54) is 19.3 Å². The Morgan fingerprint density at radius 2 is 2.00 bits per heavy atom. The summed E-state index contributed by atoms with van der Waals surface area (Å²) in [4.78, 5) is 0. The van der Waals surface area contributed by atoms with E-state index in [1.807, 2.05) is 6.92 Å². The van der Waals surface area contributed by atoms with Gasteiger partial charge in [0.25, 0.3) is 0 Å². The summed E-state index contributed by atoms with van der Waals surface area (Å²) in [5.74, 6) is 0.771. The van der Waals surface area contributed by atoms with Gasteiger partial charge in [-0.1, -0.05) is 34.3 Å². The quantitative estimate of drug-likeness (QED) is 0.582. The van der Waals surface area contributed by atoms with Crippen LogP contribution in [0.25, 0.3) is 0 Å². The molecule has 1 rings (SSSR count). The highest BCUT2D eigenvalue weighted by molar-refractivity contribution is 4.97. The molecule has 2 heteroatoms. The van der Waals surface area contributed by atoms with Gasteiger partial charge in [0.1, 0.15) is 6.23 Å². The summed E-state index contributed by atoms with van der Waals surface area (Å²) in [5.41, 5.74) is 1.50. The highest BCUT2D eigenvalue weighted by atomic mass is 16.3. The summed E-state index contributed by atoms with van der Waals surface area (Å²) in [5, 5.41) is 13.0. The van der Waals surface area contributed by atoms with Crippen LogP contribution in [-0.2, 0) is 0 Å². The molecule has 2 nitrogen and oxygen atoms in total. The number of aliphatic hydroxyl groups excluding tert-OH is 1. The van der Waals surface area contributed by atoms with Crippen LogP contribution in [0.1, 0.15) is 53.9 Å². The minimum absolute atomic E-state index is 0.289. The van der Waals surface area contributed by atoms with Crippen molar-refractivity contribution in [2.45, 2.75) is 60.1 Å². The zero-order valence-electron chi connectivity index (χ0n) is 12.1. The molecule has 0 heterocycles. The lowest BCUT2D eigenvalue weighted by molar-refractivity contribution is 0.0470. The minimum Gasteiger partial charge on any atom is -0.375 e. The average Bonchev–Trinajstić information content (AvgIpc) is 2.09. The molecule has 1 saturated carbocycles. The Morgan fingerprint density at radius 3 is 2.47 bits per heavy atom. The van der Waals surface area contributed by atoms with Crippen LogP contribution >= 0.6 is 0 Å². The first kappa shape index (κ1) is 14.7. The van der Waals surface area contributed by atoms with Crippen LogP contribution in [0.15, 0.2) is 12.2 Å². The van der Waals surface area contributed by atoms with Gasteiger partial charge < -0.3 is 5.11 Å². The normalized spacial score (nSPS) is 34.4. The first-order valence-corrected chi connectivity index (χ1v) is 6.70. The van der Waals surface area contributed by atoms with Crippen LogP contribution in [0.2, 0.25) is 0 Å². The van der Waals surface area contributed by atoms with Crippen molar-refractivity contribution in [2.24, 2.45) is 16.7 Å². The Morgan fingerprint density at radius 1 is 1.41 bits per heavy atom. The van der Waals surface area contributed by atoms with Crippen molar-refractivity contribution >= 4 is 0 Å². The second-order valence-corrected chi connectivity index (χ2v) is 7.29. The number of rotatable bonds is 4. The molecule has 100 valence electrons. The molecule has 0 aromatic carbocycles. The molecule has 0 aromatic heterocycles. The maximum atomic E-state index is 9.76. The van der Waals surface area contributed by atoms with E-state index in [1.54, 1.807) is 0 Å². The highest BCUT2D eigenvalue weighted by Crippen LogP contribution is 2.48. The first-order valence-electron chi connectivity index (χ1n) is 6.70. The van der Waals surface area contributed by atoms with Gasteiger partial charge in [0.2, 0.25) is 0 Å². The molecule has 1 aliphatic carbocycles. The fourth-order valence-corrected chi connectivity index (χ4v) is 3.81. The standard InChI is InChI=1S/C15H29NO/c1-11(2)13(17)16-10-15(6)8-12(3)7-14(4,5)9-15/h12-13,16-17H,1,7-10H2,2-6H3. The van der Waals surface area contributed by atoms with Gasteiger partial charge in [0.15, 0.2) is 0 Å². The molecule has 0 aliphatic heterocycles. The summed E-state index contributed by atoms with van der Waals surface area (Å²) in [6, 6.07) is 0. The van der Waals surface area contributed by atoms with Crippen molar-refractivity contribution < 1.29 is 5.11 Å². The van der Waals surface area contributed by atoms with E-state index in [9.17, 15) is 5.11 Å². The van der Waals surface area contributed by atoms with Gasteiger partial charge >= 0.3 is 0 Å². The van der Waals surface area contributed by atoms with E-state index in [0.29, 0.717) is 5.41 Å². The minimum atomic E-state index is -0.563. The molecule has 3 unspecified atom stereocenters. The SMILES string of the molecule is C=C(C)C(O)NCC1(C)CC(C)CC(C)(C)C1. The summed E-state index contributed by atoms with van der Waals surface area (Å²) < 4.78 is 0. The lowest BCUT2D eigenvalue weighted by Gasteiger charge is -2.46. The molecular weight excluding hydrogens is 210 g/mol. The molecule has 1 aliphatic rings. The summed E-state index contributed by atoms with van der Waals surface area (Å²) in [7, 11) is 0. The molecule has 0 spiro atoms. The third kappa shape index (κ3) is 4.44. The monoisotopic (exact) mass is 239 g/mol. The van der Waals surface area contributed by atoms with Crippen molar-refractivity contribution in [3.63, 3.8) is 0 Å². The van der Waals surface area contributed by atoms with Crippen molar-refractivity contribution in [1.29, 1.82) is 0 Å². The Labute approximate surface area is 106 Å². The third-order valence-electron chi connectivity index (χ3n) is 3.84. The predicted molar refractivity (Wildman–Crippen MR) is 73.7 cm³/mol. The van der Waals surface area contributed by atoms with E-state index < -0.39 is 6.23 Å². The van der Waals surface area contributed by atoms with Crippen LogP contribution in [-0.4, -0.2) is 17.9 Å². The van der Waals surface area contributed by atoms with E-state index in [2.05, 4.69) is 39.6 Å². The van der Waals surface area contributed by atoms with E-state index in [0.717, 1.165) is 18.0 Å². The molecule has 1 fully saturated rings. The zero-order valence-corrected chi connectivity index (χ0v) is 12.1. The Bertz CT molecular complexity index is 285. The summed E-state index contributed by atoms with van der Waals surface area (Å²) >= 11 is 0. The van der Waals surface area contributed by atoms with Crippen molar-refractivity contribution in [2.75, 3.05) is 6.54 Å². The van der Waals surface area contributed by atoms with Crippen LogP contribution in [0.4, 0.5) is 0 Å². The Hall–Kier alpha value is -0.340. The van der Waals surface area contributed by atoms with Crippen molar-refractivity contribution in [1.82, 2.24) is 5.32 Å². The lowest BCUT2D eigenvalue weighted by Crippen LogP contribution is -2.44. The first-order chi connectivity index (χ1) is 7.64. The fourth-order valence-electron chi connectivity index (χ4n) is 3.81. The van der Waals surface area contributed by atoms with Gasteiger partial charge in [-0.05, 0) is 48.5 Å². The van der Waals surface area contributed by atoms with Gasteiger partial charge in [-0.15, -0.1) is 0 Å². The molecular formula is C15H29NO. The maximum Gasteiger partial charge on any atom is 0.126 e. The van der Waals surface area contributed by atoms with Crippen LogP contribution < -0.4 is 5.32 Å². The topological polar surface area (TPSA) is 32.3 Å². The van der Waals surface area contributed by atoms with Gasteiger partial charge in [0, 0.05) is 6.54 Å². The average molecular weight is 239 g/mol. The van der Waals surface area contributed by atoms with Gasteiger partial charge in [0.05, 0.1) is 0 Å². The van der Waals surface area contributed by atoms with Crippen LogP contribution in [0.3, 0.4) is 0 Å². The lowest BCUT2D eigenvalue weighted by atomic mass is 9.61. The van der Waals surface area contributed by atoms with Gasteiger partial charge in [-0.25, -0.2) is 0 Å². The second-order valence-electron chi connectivity index (χ2n) is 7.29. The number of hydrogen-bond donors (Lipinski definition) is 2. The van der Waals surface area contributed by atoms with E-state index in [-0.39, 0.29) is 5.41 Å². The fraction of sp³-hybridized carbons (Fsp3) is 0.867. The molecule has 0 saturated heterocycles. The van der Waals surface area contributed by atoms with Gasteiger partial charge in [-0.2, -0.15) is 0 Å². The molecule has 2 N–H and O–H groups in total. The Kier molecular flexibility index (Phi) is 4.43. The molecule has 0 bridgehead atoms. The zero-order chi connectivity index (χ0) is 13.3. The third-order valence-corrected chi connectivity index (χ3v) is 3.84. The van der Waals surface area contributed by atoms with E-state index in [4.69, 9.17) is 0 Å². The van der Waals surface area contributed by atoms with Gasteiger partial charge in [-0.3, -0.25) is 5.32 Å². The molecule has 17 heavy (non-hydrogen) atoms. The smallest absolute Gasteiger partial charge is 0.126 e. The largest absolute Gasteiger partial charge is 0.375 e. The number of hydrogen-bond acceptors (Lipinski definition) is 2. The van der Waals surface area contributed by atoms with Crippen molar-refractivity contribution in [3.8, 4) is 0 Å². The van der Waals surface area contributed by atoms with Crippen LogP contribution in [0, 0.1) is 16.7 Å². The molecule has 3 atom stereocenters. The van der Waals surface area contributed by atoms with Crippen molar-refractivity contribution in [3.05, 3.63) is 12.2 Å². The second kappa shape index (κ2) is 5.11. The summed E-state index contributed by atoms with van der Waals surface area (Å²) in [6.45, 7) is 15.9. The van der Waals surface area contributed by atoms with E-state index >= 15 is 0 Å². The maximum absolute atomic E-state index is 9.76. The highest BCUT2D eigenvalue weighted by Gasteiger charge is 2.39. The summed E-state index contributed by atoms with van der Waals surface area (Å²) in [6.07, 6.45) is 3.21. The number of aliphatic hydroxyl groups is 1. The molecule has 0 amide bonds. The predicted octanol–water partition coefficient (Wildman–Crippen LogP) is 3.32. The molecule has 0 radical (unpaired) electrons. The van der Waals surface area contributed by atoms with Crippen LogP contribution in [0.5, 0.6) is 0 Å².